The van der Waals surface area contributed by atoms with Crippen molar-refractivity contribution in [3.8, 4) is 12.1 Å². The van der Waals surface area contributed by atoms with Crippen molar-refractivity contribution in [2.24, 2.45) is 0 Å². The number of benzene rings is 1. The molecule has 3 aliphatic rings. The Hall–Kier alpha value is -3.74. The minimum absolute atomic E-state index is 0.141. The summed E-state index contributed by atoms with van der Waals surface area (Å²) in [5.74, 6) is 0.972. The van der Waals surface area contributed by atoms with Gasteiger partial charge < -0.3 is 19.4 Å². The number of hydrogen-bond donors (Lipinski definition) is 0. The first kappa shape index (κ1) is 26.5. The normalized spacial score (nSPS) is 21.8. The Labute approximate surface area is 236 Å². The summed E-state index contributed by atoms with van der Waals surface area (Å²) in [6.45, 7) is 10.5. The third kappa shape index (κ3) is 5.34. The highest BCUT2D eigenvalue weighted by Crippen LogP contribution is 2.34. The van der Waals surface area contributed by atoms with Crippen molar-refractivity contribution in [2.45, 2.75) is 44.3 Å². The van der Waals surface area contributed by atoms with Crippen LogP contribution in [0.2, 0.25) is 0 Å². The van der Waals surface area contributed by atoms with Gasteiger partial charge >= 0.3 is 6.01 Å². The Morgan fingerprint density at radius 3 is 2.88 bits per heavy atom. The lowest BCUT2D eigenvalue weighted by molar-refractivity contribution is 0.185. The molecule has 0 aliphatic carbocycles. The number of nitriles is 1. The number of fused-ring (bicyclic) bond motifs is 2. The van der Waals surface area contributed by atoms with Crippen LogP contribution in [0.1, 0.15) is 30.5 Å². The molecule has 9 heteroatoms. The molecule has 0 saturated carbocycles. The molecule has 3 aliphatic heterocycles. The number of likely N-dealkylation sites (N-methyl/N-ethyl adjacent to an activating group) is 1. The number of pyridine rings is 1. The maximum absolute atomic E-state index is 9.52. The average molecular weight is 539 g/mol. The SMILES string of the molecule is C=CCN1CCN(c2nc(OC[C@@H]3CCCN3C)nc3c2CCN(c2cccc4ccncc24)C3)C[C@@H]1CC#N. The van der Waals surface area contributed by atoms with Crippen molar-refractivity contribution >= 4 is 22.3 Å². The largest absolute Gasteiger partial charge is 0.462 e. The van der Waals surface area contributed by atoms with Crippen LogP contribution in [-0.4, -0.2) is 89.8 Å². The van der Waals surface area contributed by atoms with Crippen LogP contribution in [0.3, 0.4) is 0 Å². The van der Waals surface area contributed by atoms with Crippen LogP contribution in [0.15, 0.2) is 49.3 Å². The van der Waals surface area contributed by atoms with E-state index in [9.17, 15) is 5.26 Å². The molecule has 0 spiro atoms. The topological polar surface area (TPSA) is 84.7 Å². The summed E-state index contributed by atoms with van der Waals surface area (Å²) in [5, 5.41) is 11.9. The van der Waals surface area contributed by atoms with Gasteiger partial charge in [-0.25, -0.2) is 0 Å². The lowest BCUT2D eigenvalue weighted by atomic mass is 10.0. The van der Waals surface area contributed by atoms with Crippen LogP contribution < -0.4 is 14.5 Å². The van der Waals surface area contributed by atoms with Gasteiger partial charge in [0.25, 0.3) is 0 Å². The molecule has 2 aromatic heterocycles. The van der Waals surface area contributed by atoms with Crippen molar-refractivity contribution < 1.29 is 4.74 Å². The van der Waals surface area contributed by atoms with Crippen molar-refractivity contribution in [1.29, 1.82) is 5.26 Å². The molecular weight excluding hydrogens is 500 g/mol. The maximum atomic E-state index is 9.52. The summed E-state index contributed by atoms with van der Waals surface area (Å²) in [7, 11) is 2.16. The number of piperazine rings is 1. The van der Waals surface area contributed by atoms with Gasteiger partial charge in [-0.05, 0) is 50.4 Å². The van der Waals surface area contributed by atoms with Crippen LogP contribution in [0.5, 0.6) is 6.01 Å². The third-order valence-electron chi connectivity index (χ3n) is 8.70. The Bertz CT molecular complexity index is 1400. The van der Waals surface area contributed by atoms with Gasteiger partial charge in [-0.1, -0.05) is 18.2 Å². The molecule has 5 heterocycles. The predicted octanol–water partition coefficient (Wildman–Crippen LogP) is 3.65. The molecule has 2 atom stereocenters. The van der Waals surface area contributed by atoms with Gasteiger partial charge in [-0.3, -0.25) is 9.88 Å². The molecule has 0 N–H and O–H groups in total. The van der Waals surface area contributed by atoms with E-state index in [4.69, 9.17) is 14.7 Å². The molecule has 1 aromatic carbocycles. The van der Waals surface area contributed by atoms with Gasteiger partial charge in [0.1, 0.15) is 12.4 Å². The Balaban J connectivity index is 1.32. The minimum atomic E-state index is 0.141. The number of anilines is 2. The van der Waals surface area contributed by atoms with Crippen molar-refractivity contribution in [3.63, 3.8) is 0 Å². The second kappa shape index (κ2) is 11.8. The summed E-state index contributed by atoms with van der Waals surface area (Å²) >= 11 is 0. The molecule has 0 amide bonds. The van der Waals surface area contributed by atoms with Crippen molar-refractivity contribution in [1.82, 2.24) is 24.8 Å². The highest BCUT2D eigenvalue weighted by atomic mass is 16.5. The van der Waals surface area contributed by atoms with Gasteiger partial charge in [0.2, 0.25) is 0 Å². The van der Waals surface area contributed by atoms with E-state index in [0.29, 0.717) is 31.6 Å². The first-order valence-electron chi connectivity index (χ1n) is 14.4. The molecule has 6 rings (SSSR count). The standard InChI is InChI=1S/C31H38N8O/c1-3-14-37-17-18-39(20-24(37)9-12-32)30-26-11-16-38(29-8-4-6-23-10-13-33-19-27(23)29)21-28(26)34-31(35-30)40-22-25-7-5-15-36(25)2/h3-4,6,8,10,13,19,24-25H,1,5,7,9,11,14-18,20-22H2,2H3/t24-,25-/m0/s1. The summed E-state index contributed by atoms with van der Waals surface area (Å²) in [6, 6.07) is 11.9. The molecule has 208 valence electrons. The van der Waals surface area contributed by atoms with E-state index >= 15 is 0 Å². The van der Waals surface area contributed by atoms with E-state index in [0.717, 1.165) is 69.0 Å². The summed E-state index contributed by atoms with van der Waals surface area (Å²) in [6.07, 6.45) is 9.40. The highest BCUT2D eigenvalue weighted by Gasteiger charge is 2.32. The van der Waals surface area contributed by atoms with Gasteiger partial charge in [-0.2, -0.15) is 15.2 Å². The summed E-state index contributed by atoms with van der Waals surface area (Å²) in [4.78, 5) is 23.9. The van der Waals surface area contributed by atoms with E-state index in [2.05, 4.69) is 68.5 Å². The molecule has 3 aromatic rings. The molecule has 0 bridgehead atoms. The van der Waals surface area contributed by atoms with Crippen LogP contribution in [0, 0.1) is 11.3 Å². The molecule has 0 radical (unpaired) electrons. The number of hydrogen-bond acceptors (Lipinski definition) is 9. The van der Waals surface area contributed by atoms with Gasteiger partial charge in [-0.15, -0.1) is 6.58 Å². The van der Waals surface area contributed by atoms with E-state index in [-0.39, 0.29) is 6.04 Å². The predicted molar refractivity (Wildman–Crippen MR) is 158 cm³/mol. The zero-order valence-corrected chi connectivity index (χ0v) is 23.4. The fourth-order valence-electron chi connectivity index (χ4n) is 6.44. The van der Waals surface area contributed by atoms with Crippen LogP contribution in [0.25, 0.3) is 10.8 Å². The molecule has 2 fully saturated rings. The molecule has 2 saturated heterocycles. The second-order valence-electron chi connectivity index (χ2n) is 11.1. The molecule has 40 heavy (non-hydrogen) atoms. The maximum Gasteiger partial charge on any atom is 0.318 e. The van der Waals surface area contributed by atoms with Crippen LogP contribution in [-0.2, 0) is 13.0 Å². The number of ether oxygens (including phenoxy) is 1. The lowest BCUT2D eigenvalue weighted by Gasteiger charge is -2.42. The van der Waals surface area contributed by atoms with Crippen LogP contribution in [0.4, 0.5) is 11.5 Å². The van der Waals surface area contributed by atoms with E-state index in [1.54, 1.807) is 0 Å². The first-order valence-corrected chi connectivity index (χ1v) is 14.4. The number of rotatable bonds is 8. The fraction of sp³-hybridized carbons (Fsp3) is 0.484. The smallest absolute Gasteiger partial charge is 0.318 e. The van der Waals surface area contributed by atoms with Crippen molar-refractivity contribution in [2.75, 3.05) is 62.7 Å². The van der Waals surface area contributed by atoms with Crippen molar-refractivity contribution in [3.05, 3.63) is 60.6 Å². The Morgan fingerprint density at radius 2 is 2.05 bits per heavy atom. The van der Waals surface area contributed by atoms with E-state index in [1.165, 1.54) is 23.1 Å². The van der Waals surface area contributed by atoms with E-state index < -0.39 is 0 Å². The molecular formula is C31H38N8O. The Kier molecular flexibility index (Phi) is 7.80. The average Bonchev–Trinajstić information content (AvgIpc) is 3.40. The third-order valence-corrected chi connectivity index (χ3v) is 8.70. The first-order chi connectivity index (χ1) is 19.6. The monoisotopic (exact) mass is 538 g/mol. The second-order valence-corrected chi connectivity index (χ2v) is 11.1. The zero-order chi connectivity index (χ0) is 27.5. The lowest BCUT2D eigenvalue weighted by Crippen LogP contribution is -2.53. The zero-order valence-electron chi connectivity index (χ0n) is 23.4. The minimum Gasteiger partial charge on any atom is -0.462 e. The highest BCUT2D eigenvalue weighted by molar-refractivity contribution is 5.93. The number of aromatic nitrogens is 3. The van der Waals surface area contributed by atoms with E-state index in [1.807, 2.05) is 18.5 Å². The van der Waals surface area contributed by atoms with Gasteiger partial charge in [0.15, 0.2) is 0 Å². The summed E-state index contributed by atoms with van der Waals surface area (Å²) < 4.78 is 6.31. The molecule has 9 nitrogen and oxygen atoms in total. The molecule has 0 unspecified atom stereocenters. The fourth-order valence-corrected chi connectivity index (χ4v) is 6.44. The summed E-state index contributed by atoms with van der Waals surface area (Å²) in [5.41, 5.74) is 3.41. The quantitative estimate of drug-likeness (QED) is 0.399. The number of likely N-dealkylation sites (tertiary alicyclic amines) is 1. The van der Waals surface area contributed by atoms with Gasteiger partial charge in [0.05, 0.1) is 24.7 Å². The van der Waals surface area contributed by atoms with Crippen LogP contribution >= 0.6 is 0 Å². The van der Waals surface area contributed by atoms with Gasteiger partial charge in [0, 0.05) is 73.8 Å². The number of nitrogens with zero attached hydrogens (tertiary/aromatic N) is 8. The Morgan fingerprint density at radius 1 is 1.12 bits per heavy atom.